The molecule has 170 valence electrons. The molecule has 8 heteroatoms. The molecule has 2 aliphatic rings. The first-order chi connectivity index (χ1) is 15.5. The molecular weight excluding hydrogens is 430 g/mol. The number of benzene rings is 2. The summed E-state index contributed by atoms with van der Waals surface area (Å²) in [4.78, 5) is 30.6. The lowest BCUT2D eigenvalue weighted by Gasteiger charge is -2.35. The van der Waals surface area contributed by atoms with E-state index in [2.05, 4.69) is 4.90 Å². The van der Waals surface area contributed by atoms with Crippen LogP contribution in [0, 0.1) is 0 Å². The number of methoxy groups -OCH3 is 2. The molecule has 2 aliphatic heterocycles. The van der Waals surface area contributed by atoms with E-state index in [1.54, 1.807) is 14.2 Å². The molecule has 2 saturated heterocycles. The Morgan fingerprint density at radius 2 is 1.69 bits per heavy atom. The number of piperazine rings is 1. The van der Waals surface area contributed by atoms with Crippen molar-refractivity contribution in [1.82, 2.24) is 4.90 Å². The van der Waals surface area contributed by atoms with Crippen molar-refractivity contribution in [3.8, 4) is 11.5 Å². The van der Waals surface area contributed by atoms with Gasteiger partial charge in [0.1, 0.15) is 0 Å². The van der Waals surface area contributed by atoms with Gasteiger partial charge in [-0.1, -0.05) is 17.7 Å². The second-order valence-corrected chi connectivity index (χ2v) is 8.64. The number of nitrogens with zero attached hydrogens (tertiary/aromatic N) is 2. The van der Waals surface area contributed by atoms with Crippen LogP contribution in [0.4, 0.5) is 5.69 Å². The van der Waals surface area contributed by atoms with Crippen LogP contribution in [0.25, 0.3) is 0 Å². The standard InChI is InChI=1S/C24H28ClN3O4/c1-31-21-8-3-17(15-22(21)32-2)9-10-28-23(29)16-20(24(28)30)27-13-11-26(12-14-27)19-6-4-18(25)5-7-19/h3-8,15,20H,9-14,16H2,1-2H3/p+1/t20-/m0/s1. The minimum atomic E-state index is -0.278. The summed E-state index contributed by atoms with van der Waals surface area (Å²) in [5.41, 5.74) is 2.13. The molecule has 1 N–H and O–H groups in total. The van der Waals surface area contributed by atoms with Crippen LogP contribution in [0.1, 0.15) is 12.0 Å². The van der Waals surface area contributed by atoms with Crippen molar-refractivity contribution < 1.29 is 24.0 Å². The van der Waals surface area contributed by atoms with E-state index in [-0.39, 0.29) is 17.9 Å². The molecule has 0 aliphatic carbocycles. The zero-order chi connectivity index (χ0) is 22.7. The summed E-state index contributed by atoms with van der Waals surface area (Å²) in [7, 11) is 3.19. The summed E-state index contributed by atoms with van der Waals surface area (Å²) < 4.78 is 10.6. The summed E-state index contributed by atoms with van der Waals surface area (Å²) >= 11 is 5.99. The fraction of sp³-hybridized carbons (Fsp3) is 0.417. The number of ether oxygens (including phenoxy) is 2. The number of anilines is 1. The predicted molar refractivity (Wildman–Crippen MR) is 123 cm³/mol. The first-order valence-electron chi connectivity index (χ1n) is 10.9. The summed E-state index contributed by atoms with van der Waals surface area (Å²) in [6.45, 7) is 3.74. The number of quaternary nitrogens is 1. The number of halogens is 1. The molecule has 2 fully saturated rings. The van der Waals surface area contributed by atoms with Gasteiger partial charge in [0.25, 0.3) is 5.91 Å². The van der Waals surface area contributed by atoms with Gasteiger partial charge in [-0.25, -0.2) is 0 Å². The second kappa shape index (κ2) is 9.79. The van der Waals surface area contributed by atoms with E-state index in [4.69, 9.17) is 21.1 Å². The third kappa shape index (κ3) is 4.69. The molecule has 2 heterocycles. The number of carbonyl (C=O) groups excluding carboxylic acids is 2. The van der Waals surface area contributed by atoms with Crippen LogP contribution in [-0.2, 0) is 16.0 Å². The highest BCUT2D eigenvalue weighted by Crippen LogP contribution is 2.28. The molecule has 1 atom stereocenters. The Kier molecular flexibility index (Phi) is 6.86. The number of rotatable bonds is 7. The van der Waals surface area contributed by atoms with Crippen molar-refractivity contribution in [3.63, 3.8) is 0 Å². The van der Waals surface area contributed by atoms with Gasteiger partial charge in [-0.15, -0.1) is 0 Å². The molecule has 0 radical (unpaired) electrons. The van der Waals surface area contributed by atoms with E-state index in [1.165, 1.54) is 9.80 Å². The second-order valence-electron chi connectivity index (χ2n) is 8.20. The lowest BCUT2D eigenvalue weighted by Crippen LogP contribution is -3.19. The summed E-state index contributed by atoms with van der Waals surface area (Å²) in [6.07, 6.45) is 0.880. The summed E-state index contributed by atoms with van der Waals surface area (Å²) in [6, 6.07) is 13.2. The Bertz CT molecular complexity index is 974. The largest absolute Gasteiger partial charge is 0.493 e. The molecular formula is C24H29ClN3O4+. The Labute approximate surface area is 193 Å². The van der Waals surface area contributed by atoms with Gasteiger partial charge in [-0.2, -0.15) is 0 Å². The van der Waals surface area contributed by atoms with Crippen LogP contribution in [0.2, 0.25) is 5.02 Å². The average molecular weight is 459 g/mol. The van der Waals surface area contributed by atoms with Crippen LogP contribution in [0.3, 0.4) is 0 Å². The minimum absolute atomic E-state index is 0.0505. The van der Waals surface area contributed by atoms with Crippen molar-refractivity contribution in [1.29, 1.82) is 0 Å². The van der Waals surface area contributed by atoms with Crippen LogP contribution < -0.4 is 19.3 Å². The van der Waals surface area contributed by atoms with E-state index >= 15 is 0 Å². The van der Waals surface area contributed by atoms with Crippen LogP contribution >= 0.6 is 11.6 Å². The third-order valence-corrected chi connectivity index (χ3v) is 6.66. The average Bonchev–Trinajstić information content (AvgIpc) is 3.11. The van der Waals surface area contributed by atoms with Gasteiger partial charge >= 0.3 is 0 Å². The summed E-state index contributed by atoms with van der Waals surface area (Å²) in [5.74, 6) is 1.18. The fourth-order valence-corrected chi connectivity index (χ4v) is 4.69. The number of carbonyl (C=O) groups is 2. The molecule has 0 saturated carbocycles. The molecule has 0 bridgehead atoms. The molecule has 0 spiro atoms. The third-order valence-electron chi connectivity index (χ3n) is 6.41. The van der Waals surface area contributed by atoms with Gasteiger partial charge in [0.05, 0.1) is 46.8 Å². The topological polar surface area (TPSA) is 63.5 Å². The van der Waals surface area contributed by atoms with Gasteiger partial charge in [0.2, 0.25) is 5.91 Å². The Morgan fingerprint density at radius 1 is 1.00 bits per heavy atom. The molecule has 32 heavy (non-hydrogen) atoms. The van der Waals surface area contributed by atoms with Crippen LogP contribution in [0.15, 0.2) is 42.5 Å². The number of likely N-dealkylation sites (tertiary alicyclic amines) is 1. The number of nitrogens with one attached hydrogen (secondary N) is 1. The normalized spacial score (nSPS) is 19.5. The zero-order valence-corrected chi connectivity index (χ0v) is 19.2. The number of hydrogen-bond donors (Lipinski definition) is 1. The molecule has 4 rings (SSSR count). The highest BCUT2D eigenvalue weighted by atomic mass is 35.5. The van der Waals surface area contributed by atoms with E-state index in [1.807, 2.05) is 42.5 Å². The Morgan fingerprint density at radius 3 is 2.34 bits per heavy atom. The Balaban J connectivity index is 1.33. The highest BCUT2D eigenvalue weighted by molar-refractivity contribution is 6.30. The van der Waals surface area contributed by atoms with Crippen molar-refractivity contribution in [3.05, 3.63) is 53.1 Å². The van der Waals surface area contributed by atoms with Crippen LogP contribution in [0.5, 0.6) is 11.5 Å². The Hall–Kier alpha value is -2.77. The monoisotopic (exact) mass is 458 g/mol. The highest BCUT2D eigenvalue weighted by Gasteiger charge is 2.45. The molecule has 2 aromatic carbocycles. The fourth-order valence-electron chi connectivity index (χ4n) is 4.57. The molecule has 0 aromatic heterocycles. The maximum Gasteiger partial charge on any atom is 0.288 e. The van der Waals surface area contributed by atoms with Crippen molar-refractivity contribution in [2.75, 3.05) is 51.8 Å². The maximum atomic E-state index is 13.1. The summed E-state index contributed by atoms with van der Waals surface area (Å²) in [5, 5.41) is 0.723. The minimum Gasteiger partial charge on any atom is -0.493 e. The molecule has 7 nitrogen and oxygen atoms in total. The lowest BCUT2D eigenvalue weighted by atomic mass is 10.1. The van der Waals surface area contributed by atoms with Gasteiger partial charge < -0.3 is 19.3 Å². The SMILES string of the molecule is COc1ccc(CCN2C(=O)C[C@H]([NH+]3CCN(c4ccc(Cl)cc4)CC3)C2=O)cc1OC. The first kappa shape index (κ1) is 22.4. The zero-order valence-electron chi connectivity index (χ0n) is 18.5. The van der Waals surface area contributed by atoms with Gasteiger partial charge in [-0.05, 0) is 48.4 Å². The van der Waals surface area contributed by atoms with E-state index in [0.29, 0.717) is 30.9 Å². The predicted octanol–water partition coefficient (Wildman–Crippen LogP) is 1.43. The molecule has 0 unspecified atom stereocenters. The van der Waals surface area contributed by atoms with Crippen molar-refractivity contribution >= 4 is 29.1 Å². The van der Waals surface area contributed by atoms with Gasteiger partial charge in [0, 0.05) is 17.3 Å². The molecule has 2 amide bonds. The van der Waals surface area contributed by atoms with Gasteiger partial charge in [-0.3, -0.25) is 14.5 Å². The van der Waals surface area contributed by atoms with E-state index in [9.17, 15) is 9.59 Å². The van der Waals surface area contributed by atoms with Crippen molar-refractivity contribution in [2.45, 2.75) is 18.9 Å². The van der Waals surface area contributed by atoms with E-state index in [0.717, 1.165) is 42.5 Å². The maximum absolute atomic E-state index is 13.1. The van der Waals surface area contributed by atoms with E-state index < -0.39 is 0 Å². The first-order valence-corrected chi connectivity index (χ1v) is 11.3. The smallest absolute Gasteiger partial charge is 0.288 e. The van der Waals surface area contributed by atoms with Crippen molar-refractivity contribution in [2.24, 2.45) is 0 Å². The number of hydrogen-bond acceptors (Lipinski definition) is 5. The quantitative estimate of drug-likeness (QED) is 0.636. The molecule has 2 aromatic rings. The van der Waals surface area contributed by atoms with Crippen LogP contribution in [-0.4, -0.2) is 69.7 Å². The van der Waals surface area contributed by atoms with Gasteiger partial charge in [0.15, 0.2) is 17.5 Å². The number of imide groups is 1. The number of amides is 2. The lowest BCUT2D eigenvalue weighted by molar-refractivity contribution is -0.915.